The van der Waals surface area contributed by atoms with Crippen molar-refractivity contribution in [2.75, 3.05) is 6.54 Å². The van der Waals surface area contributed by atoms with Gasteiger partial charge in [0.2, 0.25) is 0 Å². The number of carbonyl (C=O) groups is 2. The molecule has 0 fully saturated rings. The molecule has 0 saturated carbocycles. The van der Waals surface area contributed by atoms with Gasteiger partial charge < -0.3 is 5.32 Å². The van der Waals surface area contributed by atoms with Crippen LogP contribution in [-0.2, 0) is 22.6 Å². The van der Waals surface area contributed by atoms with E-state index in [2.05, 4.69) is 43.4 Å². The first-order valence-electron chi connectivity index (χ1n) is 7.41. The maximum absolute atomic E-state index is 11.4. The van der Waals surface area contributed by atoms with Crippen molar-refractivity contribution < 1.29 is 9.59 Å². The Hall–Kier alpha value is -1.94. The molecule has 4 nitrogen and oxygen atoms in total. The first-order valence-corrected chi connectivity index (χ1v) is 7.41. The van der Waals surface area contributed by atoms with Gasteiger partial charge in [-0.15, -0.1) is 0 Å². The Morgan fingerprint density at radius 2 is 1.57 bits per heavy atom. The van der Waals surface area contributed by atoms with E-state index in [4.69, 9.17) is 0 Å². The summed E-state index contributed by atoms with van der Waals surface area (Å²) in [4.78, 5) is 24.1. The number of nitrogens with one attached hydrogen (secondary N) is 1. The Morgan fingerprint density at radius 1 is 1.00 bits per heavy atom. The first kappa shape index (κ1) is 15.4. The van der Waals surface area contributed by atoms with Crippen LogP contribution in [0, 0.1) is 0 Å². The molecule has 0 atom stereocenters. The number of rotatable bonds is 7. The third-order valence-corrected chi connectivity index (χ3v) is 3.49. The molecule has 112 valence electrons. The molecule has 21 heavy (non-hydrogen) atoms. The monoisotopic (exact) mass is 286 g/mol. The Labute approximate surface area is 125 Å². The van der Waals surface area contributed by atoms with Crippen LogP contribution >= 0.6 is 0 Å². The molecule has 1 N–H and O–H groups in total. The predicted molar refractivity (Wildman–Crippen MR) is 82.6 cm³/mol. The molecular weight excluding hydrogens is 264 g/mol. The molecule has 4 heteroatoms. The fourth-order valence-electron chi connectivity index (χ4n) is 2.24. The molecule has 0 aromatic heterocycles. The summed E-state index contributed by atoms with van der Waals surface area (Å²) >= 11 is 0. The van der Waals surface area contributed by atoms with Gasteiger partial charge in [0, 0.05) is 31.3 Å². The Bertz CT molecular complexity index is 514. The molecule has 0 bridgehead atoms. The molecule has 1 heterocycles. The van der Waals surface area contributed by atoms with Crippen LogP contribution in [0.4, 0.5) is 0 Å². The molecule has 1 aromatic rings. The van der Waals surface area contributed by atoms with E-state index in [9.17, 15) is 9.59 Å². The van der Waals surface area contributed by atoms with Crippen LogP contribution in [0.15, 0.2) is 36.4 Å². The largest absolute Gasteiger partial charge is 0.310 e. The number of hydrogen-bond acceptors (Lipinski definition) is 3. The standard InChI is InChI=1S/C17H22N2O2/c1-13(2)18-12-15-7-5-14(6-8-15)4-3-11-19-16(20)9-10-17(19)21/h5-10,13,18H,3-4,11-12H2,1-2H3. The van der Waals surface area contributed by atoms with Crippen molar-refractivity contribution in [2.45, 2.75) is 39.3 Å². The van der Waals surface area contributed by atoms with Crippen molar-refractivity contribution >= 4 is 11.8 Å². The second kappa shape index (κ2) is 7.18. The van der Waals surface area contributed by atoms with E-state index in [0.29, 0.717) is 12.6 Å². The van der Waals surface area contributed by atoms with E-state index in [-0.39, 0.29) is 11.8 Å². The number of carbonyl (C=O) groups excluding carboxylic acids is 2. The van der Waals surface area contributed by atoms with Gasteiger partial charge in [0.25, 0.3) is 11.8 Å². The van der Waals surface area contributed by atoms with Crippen LogP contribution in [-0.4, -0.2) is 29.3 Å². The van der Waals surface area contributed by atoms with Crippen molar-refractivity contribution in [1.82, 2.24) is 10.2 Å². The summed E-state index contributed by atoms with van der Waals surface area (Å²) in [6.07, 6.45) is 4.33. The predicted octanol–water partition coefficient (Wildman–Crippen LogP) is 2.04. The number of nitrogens with zero attached hydrogens (tertiary/aromatic N) is 1. The quantitative estimate of drug-likeness (QED) is 0.780. The zero-order valence-corrected chi connectivity index (χ0v) is 12.6. The summed E-state index contributed by atoms with van der Waals surface area (Å²) in [5.41, 5.74) is 2.50. The van der Waals surface area contributed by atoms with Gasteiger partial charge in [-0.2, -0.15) is 0 Å². The first-order chi connectivity index (χ1) is 10.1. The lowest BCUT2D eigenvalue weighted by Gasteiger charge is -2.13. The minimum atomic E-state index is -0.199. The van der Waals surface area contributed by atoms with Crippen LogP contribution in [0.2, 0.25) is 0 Å². The third kappa shape index (κ3) is 4.53. The summed E-state index contributed by atoms with van der Waals surface area (Å²) in [6.45, 7) is 5.62. The molecule has 1 aromatic carbocycles. The molecule has 0 radical (unpaired) electrons. The zero-order valence-electron chi connectivity index (χ0n) is 12.6. The molecule has 0 aliphatic carbocycles. The Balaban J connectivity index is 1.76. The van der Waals surface area contributed by atoms with Crippen molar-refractivity contribution in [2.24, 2.45) is 0 Å². The van der Waals surface area contributed by atoms with Crippen molar-refractivity contribution in [1.29, 1.82) is 0 Å². The maximum Gasteiger partial charge on any atom is 0.253 e. The van der Waals surface area contributed by atoms with E-state index in [0.717, 1.165) is 19.4 Å². The third-order valence-electron chi connectivity index (χ3n) is 3.49. The average molecular weight is 286 g/mol. The highest BCUT2D eigenvalue weighted by atomic mass is 16.2. The van der Waals surface area contributed by atoms with Gasteiger partial charge in [-0.05, 0) is 24.0 Å². The van der Waals surface area contributed by atoms with Gasteiger partial charge in [-0.1, -0.05) is 38.1 Å². The highest BCUT2D eigenvalue weighted by molar-refractivity contribution is 6.12. The average Bonchev–Trinajstić information content (AvgIpc) is 2.78. The minimum Gasteiger partial charge on any atom is -0.310 e. The normalized spacial score (nSPS) is 14.5. The van der Waals surface area contributed by atoms with Gasteiger partial charge in [-0.25, -0.2) is 0 Å². The van der Waals surface area contributed by atoms with Gasteiger partial charge in [0.15, 0.2) is 0 Å². The molecule has 0 saturated heterocycles. The van der Waals surface area contributed by atoms with Crippen LogP contribution in [0.3, 0.4) is 0 Å². The number of aryl methyl sites for hydroxylation is 1. The molecule has 1 aliphatic heterocycles. The molecule has 1 aliphatic rings. The van der Waals surface area contributed by atoms with Gasteiger partial charge in [-0.3, -0.25) is 14.5 Å². The highest BCUT2D eigenvalue weighted by Gasteiger charge is 2.22. The fraction of sp³-hybridized carbons (Fsp3) is 0.412. The van der Waals surface area contributed by atoms with Gasteiger partial charge >= 0.3 is 0 Å². The van der Waals surface area contributed by atoms with Gasteiger partial charge in [0.05, 0.1) is 0 Å². The lowest BCUT2D eigenvalue weighted by atomic mass is 10.1. The molecular formula is C17H22N2O2. The number of imide groups is 1. The Morgan fingerprint density at radius 3 is 2.14 bits per heavy atom. The molecule has 0 spiro atoms. The van der Waals surface area contributed by atoms with Crippen LogP contribution < -0.4 is 5.32 Å². The lowest BCUT2D eigenvalue weighted by Crippen LogP contribution is -2.31. The maximum atomic E-state index is 11.4. The van der Waals surface area contributed by atoms with Crippen molar-refractivity contribution in [3.8, 4) is 0 Å². The second-order valence-electron chi connectivity index (χ2n) is 5.62. The summed E-state index contributed by atoms with van der Waals surface area (Å²) in [5, 5.41) is 3.38. The van der Waals surface area contributed by atoms with E-state index < -0.39 is 0 Å². The van der Waals surface area contributed by atoms with Gasteiger partial charge in [0.1, 0.15) is 0 Å². The molecule has 0 unspecified atom stereocenters. The SMILES string of the molecule is CC(C)NCc1ccc(CCCN2C(=O)C=CC2=O)cc1. The zero-order chi connectivity index (χ0) is 15.2. The topological polar surface area (TPSA) is 49.4 Å². The molecule has 2 amide bonds. The smallest absolute Gasteiger partial charge is 0.253 e. The van der Waals surface area contributed by atoms with Crippen LogP contribution in [0.5, 0.6) is 0 Å². The van der Waals surface area contributed by atoms with E-state index in [1.807, 2.05) is 0 Å². The van der Waals surface area contributed by atoms with E-state index >= 15 is 0 Å². The number of amides is 2. The van der Waals surface area contributed by atoms with E-state index in [1.54, 1.807) is 0 Å². The fourth-order valence-corrected chi connectivity index (χ4v) is 2.24. The summed E-state index contributed by atoms with van der Waals surface area (Å²) < 4.78 is 0. The van der Waals surface area contributed by atoms with E-state index in [1.165, 1.54) is 28.2 Å². The minimum absolute atomic E-state index is 0.199. The summed E-state index contributed by atoms with van der Waals surface area (Å²) in [5.74, 6) is -0.398. The number of benzene rings is 1. The van der Waals surface area contributed by atoms with Crippen molar-refractivity contribution in [3.05, 3.63) is 47.5 Å². The summed E-state index contributed by atoms with van der Waals surface area (Å²) in [7, 11) is 0. The Kier molecular flexibility index (Phi) is 5.28. The summed E-state index contributed by atoms with van der Waals surface area (Å²) in [6, 6.07) is 8.96. The molecule has 2 rings (SSSR count). The highest BCUT2D eigenvalue weighted by Crippen LogP contribution is 2.10. The number of hydrogen-bond donors (Lipinski definition) is 1. The lowest BCUT2D eigenvalue weighted by molar-refractivity contribution is -0.136. The van der Waals surface area contributed by atoms with Crippen LogP contribution in [0.1, 0.15) is 31.4 Å². The van der Waals surface area contributed by atoms with Crippen molar-refractivity contribution in [3.63, 3.8) is 0 Å². The second-order valence-corrected chi connectivity index (χ2v) is 5.62. The van der Waals surface area contributed by atoms with Crippen LogP contribution in [0.25, 0.3) is 0 Å².